The molecule has 0 spiro atoms. The van der Waals surface area contributed by atoms with Gasteiger partial charge in [0.25, 0.3) is 0 Å². The predicted octanol–water partition coefficient (Wildman–Crippen LogP) is 2.81. The lowest BCUT2D eigenvalue weighted by Crippen LogP contribution is -2.47. The number of hydrogen-bond donors (Lipinski definition) is 1. The summed E-state index contributed by atoms with van der Waals surface area (Å²) < 4.78 is 0. The molecule has 1 aliphatic rings. The first-order valence-corrected chi connectivity index (χ1v) is 7.62. The average Bonchev–Trinajstić information content (AvgIpc) is 2.92. The molecule has 110 valence electrons. The highest BCUT2D eigenvalue weighted by molar-refractivity contribution is 5.83. The van der Waals surface area contributed by atoms with Crippen LogP contribution in [0, 0.1) is 5.41 Å². The molecule has 2 rings (SSSR count). The molecule has 3 nitrogen and oxygen atoms in total. The third kappa shape index (κ3) is 3.21. The van der Waals surface area contributed by atoms with Crippen molar-refractivity contribution in [1.29, 1.82) is 0 Å². The van der Waals surface area contributed by atoms with Crippen molar-refractivity contribution < 1.29 is 4.79 Å². The van der Waals surface area contributed by atoms with Crippen LogP contribution in [-0.4, -0.2) is 29.9 Å². The Hall–Kier alpha value is -1.35. The molecule has 2 unspecified atom stereocenters. The Morgan fingerprint density at radius 1 is 1.40 bits per heavy atom. The predicted molar refractivity (Wildman–Crippen MR) is 82.3 cm³/mol. The van der Waals surface area contributed by atoms with Gasteiger partial charge in [-0.1, -0.05) is 37.3 Å². The van der Waals surface area contributed by atoms with Gasteiger partial charge in [-0.25, -0.2) is 0 Å². The molecule has 20 heavy (non-hydrogen) atoms. The van der Waals surface area contributed by atoms with E-state index in [9.17, 15) is 4.79 Å². The summed E-state index contributed by atoms with van der Waals surface area (Å²) >= 11 is 0. The number of rotatable bonds is 5. The number of nitrogens with one attached hydrogen (secondary N) is 1. The van der Waals surface area contributed by atoms with Gasteiger partial charge in [0.2, 0.25) is 5.91 Å². The summed E-state index contributed by atoms with van der Waals surface area (Å²) in [6, 6.07) is 10.6. The second kappa shape index (κ2) is 6.40. The van der Waals surface area contributed by atoms with E-state index < -0.39 is 0 Å². The molecule has 2 atom stereocenters. The van der Waals surface area contributed by atoms with Crippen molar-refractivity contribution >= 4 is 5.91 Å². The van der Waals surface area contributed by atoms with Gasteiger partial charge >= 0.3 is 0 Å². The maximum absolute atomic E-state index is 13.0. The maximum atomic E-state index is 13.0. The highest BCUT2D eigenvalue weighted by atomic mass is 16.2. The molecule has 1 aromatic carbocycles. The Morgan fingerprint density at radius 2 is 2.10 bits per heavy atom. The number of hydrogen-bond acceptors (Lipinski definition) is 2. The monoisotopic (exact) mass is 274 g/mol. The van der Waals surface area contributed by atoms with Gasteiger partial charge < -0.3 is 10.2 Å². The van der Waals surface area contributed by atoms with E-state index in [2.05, 4.69) is 43.1 Å². The second-order valence-corrected chi connectivity index (χ2v) is 6.16. The molecule has 0 saturated carbocycles. The second-order valence-electron chi connectivity index (χ2n) is 6.16. The van der Waals surface area contributed by atoms with Crippen molar-refractivity contribution in [2.24, 2.45) is 5.41 Å². The molecule has 1 aliphatic heterocycles. The highest BCUT2D eigenvalue weighted by Gasteiger charge is 2.40. The quantitative estimate of drug-likeness (QED) is 0.895. The van der Waals surface area contributed by atoms with Crippen molar-refractivity contribution in [3.05, 3.63) is 35.9 Å². The van der Waals surface area contributed by atoms with E-state index in [1.165, 1.54) is 5.56 Å². The summed E-state index contributed by atoms with van der Waals surface area (Å²) in [5, 5.41) is 3.32. The van der Waals surface area contributed by atoms with Gasteiger partial charge in [0.1, 0.15) is 0 Å². The van der Waals surface area contributed by atoms with E-state index >= 15 is 0 Å². The number of carbonyl (C=O) groups excluding carboxylic acids is 1. The molecule has 1 amide bonds. The first-order valence-electron chi connectivity index (χ1n) is 7.62. The van der Waals surface area contributed by atoms with Crippen molar-refractivity contribution in [2.45, 2.75) is 46.2 Å². The van der Waals surface area contributed by atoms with Gasteiger partial charge in [-0.15, -0.1) is 0 Å². The van der Waals surface area contributed by atoms with E-state index in [0.717, 1.165) is 25.9 Å². The smallest absolute Gasteiger partial charge is 0.230 e. The molecule has 1 aromatic rings. The Kier molecular flexibility index (Phi) is 4.81. The molecule has 0 aliphatic carbocycles. The number of carbonyl (C=O) groups is 1. The van der Waals surface area contributed by atoms with Crippen LogP contribution in [0.4, 0.5) is 0 Å². The number of benzene rings is 1. The first-order chi connectivity index (χ1) is 9.57. The van der Waals surface area contributed by atoms with Crippen LogP contribution in [0.15, 0.2) is 30.3 Å². The van der Waals surface area contributed by atoms with Crippen molar-refractivity contribution in [2.75, 3.05) is 13.1 Å². The largest absolute Gasteiger partial charge is 0.335 e. The lowest BCUT2D eigenvalue weighted by molar-refractivity contribution is -0.143. The van der Waals surface area contributed by atoms with Crippen LogP contribution >= 0.6 is 0 Å². The Bertz CT molecular complexity index is 438. The van der Waals surface area contributed by atoms with Gasteiger partial charge in [-0.2, -0.15) is 0 Å². The van der Waals surface area contributed by atoms with E-state index in [4.69, 9.17) is 0 Å². The number of nitrogens with zero attached hydrogens (tertiary/aromatic N) is 1. The van der Waals surface area contributed by atoms with Crippen LogP contribution < -0.4 is 5.32 Å². The average molecular weight is 274 g/mol. The molecule has 1 fully saturated rings. The van der Waals surface area contributed by atoms with Crippen LogP contribution in [0.25, 0.3) is 0 Å². The fourth-order valence-electron chi connectivity index (χ4n) is 2.77. The molecular formula is C17H26N2O. The SMILES string of the molecule is CCC(C)N(Cc1ccccc1)C(=O)C1(C)CCNC1. The normalized spacial score (nSPS) is 23.6. The molecular weight excluding hydrogens is 248 g/mol. The third-order valence-corrected chi connectivity index (χ3v) is 4.46. The van der Waals surface area contributed by atoms with Crippen molar-refractivity contribution in [1.82, 2.24) is 10.2 Å². The highest BCUT2D eigenvalue weighted by Crippen LogP contribution is 2.29. The summed E-state index contributed by atoms with van der Waals surface area (Å²) in [4.78, 5) is 15.0. The van der Waals surface area contributed by atoms with E-state index in [-0.39, 0.29) is 11.5 Å². The van der Waals surface area contributed by atoms with Gasteiger partial charge in [-0.05, 0) is 38.8 Å². The van der Waals surface area contributed by atoms with E-state index in [1.54, 1.807) is 0 Å². The third-order valence-electron chi connectivity index (χ3n) is 4.46. The van der Waals surface area contributed by atoms with Crippen LogP contribution in [-0.2, 0) is 11.3 Å². The fourth-order valence-corrected chi connectivity index (χ4v) is 2.77. The maximum Gasteiger partial charge on any atom is 0.230 e. The van der Waals surface area contributed by atoms with Crippen LogP contribution in [0.3, 0.4) is 0 Å². The lowest BCUT2D eigenvalue weighted by Gasteiger charge is -2.35. The zero-order chi connectivity index (χ0) is 14.6. The Balaban J connectivity index is 2.17. The summed E-state index contributed by atoms with van der Waals surface area (Å²) in [5.41, 5.74) is 0.966. The molecule has 1 heterocycles. The summed E-state index contributed by atoms with van der Waals surface area (Å²) in [7, 11) is 0. The molecule has 0 bridgehead atoms. The zero-order valence-electron chi connectivity index (χ0n) is 12.9. The van der Waals surface area contributed by atoms with Crippen LogP contribution in [0.2, 0.25) is 0 Å². The van der Waals surface area contributed by atoms with E-state index in [0.29, 0.717) is 12.5 Å². The van der Waals surface area contributed by atoms with Gasteiger partial charge in [0, 0.05) is 19.1 Å². The molecule has 0 aromatic heterocycles. The van der Waals surface area contributed by atoms with Crippen molar-refractivity contribution in [3.8, 4) is 0 Å². The minimum Gasteiger partial charge on any atom is -0.335 e. The summed E-state index contributed by atoms with van der Waals surface area (Å²) in [6.45, 7) is 8.84. The summed E-state index contributed by atoms with van der Waals surface area (Å²) in [5.74, 6) is 0.292. The van der Waals surface area contributed by atoms with Gasteiger partial charge in [-0.3, -0.25) is 4.79 Å². The molecule has 1 saturated heterocycles. The molecule has 0 radical (unpaired) electrons. The van der Waals surface area contributed by atoms with Crippen LogP contribution in [0.1, 0.15) is 39.2 Å². The minimum absolute atomic E-state index is 0.238. The Labute approximate surface area is 122 Å². The van der Waals surface area contributed by atoms with Crippen LogP contribution in [0.5, 0.6) is 0 Å². The first kappa shape index (κ1) is 15.0. The molecule has 1 N–H and O–H groups in total. The lowest BCUT2D eigenvalue weighted by atomic mass is 9.87. The fraction of sp³-hybridized carbons (Fsp3) is 0.588. The van der Waals surface area contributed by atoms with E-state index in [1.807, 2.05) is 18.2 Å². The summed E-state index contributed by atoms with van der Waals surface area (Å²) in [6.07, 6.45) is 1.93. The zero-order valence-corrected chi connectivity index (χ0v) is 12.9. The Morgan fingerprint density at radius 3 is 2.65 bits per heavy atom. The number of amides is 1. The standard InChI is InChI=1S/C17H26N2O/c1-4-14(2)19(12-15-8-6-5-7-9-15)16(20)17(3)10-11-18-13-17/h5-9,14,18H,4,10-13H2,1-3H3. The van der Waals surface area contributed by atoms with Gasteiger partial charge in [0.05, 0.1) is 5.41 Å². The molecule has 3 heteroatoms. The minimum atomic E-state index is -0.238. The van der Waals surface area contributed by atoms with Crippen molar-refractivity contribution in [3.63, 3.8) is 0 Å². The topological polar surface area (TPSA) is 32.3 Å². The van der Waals surface area contributed by atoms with Gasteiger partial charge in [0.15, 0.2) is 0 Å².